The minimum absolute atomic E-state index is 0.0907. The first-order chi connectivity index (χ1) is 9.63. The van der Waals surface area contributed by atoms with Crippen molar-refractivity contribution in [2.45, 2.75) is 38.4 Å². The van der Waals surface area contributed by atoms with Gasteiger partial charge in [0.15, 0.2) is 0 Å². The van der Waals surface area contributed by atoms with Gasteiger partial charge in [0.05, 0.1) is 12.2 Å². The first-order valence-corrected chi connectivity index (χ1v) is 7.78. The zero-order chi connectivity index (χ0) is 14.1. The van der Waals surface area contributed by atoms with E-state index in [9.17, 15) is 10.2 Å². The third-order valence-electron chi connectivity index (χ3n) is 5.08. The molecule has 2 aliphatic rings. The molecule has 4 atom stereocenters. The van der Waals surface area contributed by atoms with E-state index in [-0.39, 0.29) is 12.2 Å². The molecule has 3 nitrogen and oxygen atoms in total. The second-order valence-corrected chi connectivity index (χ2v) is 6.54. The van der Waals surface area contributed by atoms with Gasteiger partial charge in [0.25, 0.3) is 0 Å². The molecule has 0 spiro atoms. The number of hydrogen-bond donors (Lipinski definition) is 2. The van der Waals surface area contributed by atoms with Crippen molar-refractivity contribution in [2.75, 3.05) is 19.6 Å². The Bertz CT molecular complexity index is 445. The van der Waals surface area contributed by atoms with Gasteiger partial charge in [-0.05, 0) is 37.7 Å². The highest BCUT2D eigenvalue weighted by molar-refractivity contribution is 5.23. The SMILES string of the molecule is Cc1ccc(C(O)CCN2CC3CCC(O)C3C2)cc1. The number of nitrogens with zero attached hydrogens (tertiary/aromatic N) is 1. The Kier molecular flexibility index (Phi) is 4.11. The predicted molar refractivity (Wildman–Crippen MR) is 79.4 cm³/mol. The second kappa shape index (κ2) is 5.84. The maximum absolute atomic E-state index is 10.3. The third kappa shape index (κ3) is 2.90. The molecule has 20 heavy (non-hydrogen) atoms. The fourth-order valence-electron chi connectivity index (χ4n) is 3.77. The topological polar surface area (TPSA) is 43.7 Å². The molecule has 1 saturated carbocycles. The molecular weight excluding hydrogens is 250 g/mol. The molecule has 3 rings (SSSR count). The molecule has 1 aliphatic carbocycles. The molecule has 2 N–H and O–H groups in total. The maximum Gasteiger partial charge on any atom is 0.0802 e. The maximum atomic E-state index is 10.3. The Balaban J connectivity index is 1.49. The summed E-state index contributed by atoms with van der Waals surface area (Å²) in [5.41, 5.74) is 2.23. The quantitative estimate of drug-likeness (QED) is 0.884. The van der Waals surface area contributed by atoms with Crippen LogP contribution in [0.2, 0.25) is 0 Å². The Morgan fingerprint density at radius 3 is 2.65 bits per heavy atom. The fraction of sp³-hybridized carbons (Fsp3) is 0.647. The lowest BCUT2D eigenvalue weighted by molar-refractivity contribution is 0.117. The number of benzene rings is 1. The van der Waals surface area contributed by atoms with Crippen molar-refractivity contribution in [2.24, 2.45) is 11.8 Å². The van der Waals surface area contributed by atoms with Gasteiger partial charge in [0.2, 0.25) is 0 Å². The smallest absolute Gasteiger partial charge is 0.0802 e. The summed E-state index contributed by atoms with van der Waals surface area (Å²) >= 11 is 0. The Hall–Kier alpha value is -0.900. The van der Waals surface area contributed by atoms with Gasteiger partial charge in [-0.25, -0.2) is 0 Å². The number of hydrogen-bond acceptors (Lipinski definition) is 3. The summed E-state index contributed by atoms with van der Waals surface area (Å²) in [6.07, 6.45) is 2.46. The molecule has 1 saturated heterocycles. The van der Waals surface area contributed by atoms with Crippen LogP contribution in [-0.4, -0.2) is 40.9 Å². The van der Waals surface area contributed by atoms with E-state index in [0.29, 0.717) is 11.8 Å². The molecule has 4 unspecified atom stereocenters. The lowest BCUT2D eigenvalue weighted by Gasteiger charge is -2.20. The van der Waals surface area contributed by atoms with Crippen LogP contribution in [0.15, 0.2) is 24.3 Å². The van der Waals surface area contributed by atoms with Crippen LogP contribution in [-0.2, 0) is 0 Å². The molecule has 1 heterocycles. The minimum atomic E-state index is -0.374. The van der Waals surface area contributed by atoms with E-state index in [1.54, 1.807) is 0 Å². The van der Waals surface area contributed by atoms with E-state index < -0.39 is 0 Å². The highest BCUT2D eigenvalue weighted by Gasteiger charge is 2.41. The van der Waals surface area contributed by atoms with Crippen LogP contribution >= 0.6 is 0 Å². The number of fused-ring (bicyclic) bond motifs is 1. The molecule has 0 aromatic heterocycles. The number of aliphatic hydroxyl groups excluding tert-OH is 2. The molecule has 0 amide bonds. The molecule has 2 fully saturated rings. The van der Waals surface area contributed by atoms with Crippen molar-refractivity contribution in [1.29, 1.82) is 0 Å². The number of rotatable bonds is 4. The van der Waals surface area contributed by atoms with E-state index in [1.807, 2.05) is 12.1 Å². The Morgan fingerprint density at radius 1 is 1.20 bits per heavy atom. The van der Waals surface area contributed by atoms with Crippen LogP contribution in [0.5, 0.6) is 0 Å². The lowest BCUT2D eigenvalue weighted by Crippen LogP contribution is -2.26. The zero-order valence-electron chi connectivity index (χ0n) is 12.2. The Labute approximate surface area is 121 Å². The van der Waals surface area contributed by atoms with Crippen molar-refractivity contribution < 1.29 is 10.2 Å². The van der Waals surface area contributed by atoms with Gasteiger partial charge >= 0.3 is 0 Å². The van der Waals surface area contributed by atoms with Crippen LogP contribution in [0.3, 0.4) is 0 Å². The number of aliphatic hydroxyl groups is 2. The van der Waals surface area contributed by atoms with E-state index in [4.69, 9.17) is 0 Å². The van der Waals surface area contributed by atoms with Crippen LogP contribution in [0.1, 0.15) is 36.5 Å². The number of likely N-dealkylation sites (tertiary alicyclic amines) is 1. The first-order valence-electron chi connectivity index (χ1n) is 7.78. The van der Waals surface area contributed by atoms with E-state index in [0.717, 1.165) is 38.0 Å². The average molecular weight is 275 g/mol. The van der Waals surface area contributed by atoms with Crippen LogP contribution in [0.25, 0.3) is 0 Å². The lowest BCUT2D eigenvalue weighted by atomic mass is 10.00. The first kappa shape index (κ1) is 14.1. The van der Waals surface area contributed by atoms with Gasteiger partial charge in [-0.15, -0.1) is 0 Å². The van der Waals surface area contributed by atoms with Crippen molar-refractivity contribution in [3.63, 3.8) is 0 Å². The molecule has 110 valence electrons. The van der Waals surface area contributed by atoms with E-state index in [2.05, 4.69) is 24.0 Å². The van der Waals surface area contributed by atoms with E-state index in [1.165, 1.54) is 12.0 Å². The van der Waals surface area contributed by atoms with Gasteiger partial charge in [0.1, 0.15) is 0 Å². The van der Waals surface area contributed by atoms with Crippen LogP contribution in [0, 0.1) is 18.8 Å². The summed E-state index contributed by atoms with van der Waals surface area (Å²) in [5.74, 6) is 1.16. The summed E-state index contributed by atoms with van der Waals surface area (Å²) in [7, 11) is 0. The summed E-state index contributed by atoms with van der Waals surface area (Å²) in [6, 6.07) is 8.13. The van der Waals surface area contributed by atoms with Crippen LogP contribution < -0.4 is 0 Å². The summed E-state index contributed by atoms with van der Waals surface area (Å²) in [5, 5.41) is 20.2. The molecule has 1 aromatic rings. The normalized spacial score (nSPS) is 31.4. The summed E-state index contributed by atoms with van der Waals surface area (Å²) in [4.78, 5) is 2.41. The third-order valence-corrected chi connectivity index (χ3v) is 5.08. The van der Waals surface area contributed by atoms with Gasteiger partial charge < -0.3 is 15.1 Å². The zero-order valence-corrected chi connectivity index (χ0v) is 12.2. The van der Waals surface area contributed by atoms with Crippen molar-refractivity contribution in [3.8, 4) is 0 Å². The van der Waals surface area contributed by atoms with Gasteiger partial charge in [-0.3, -0.25) is 0 Å². The molecule has 1 aromatic carbocycles. The van der Waals surface area contributed by atoms with Crippen molar-refractivity contribution >= 4 is 0 Å². The van der Waals surface area contributed by atoms with Crippen LogP contribution in [0.4, 0.5) is 0 Å². The van der Waals surface area contributed by atoms with Gasteiger partial charge in [-0.1, -0.05) is 29.8 Å². The van der Waals surface area contributed by atoms with Gasteiger partial charge in [0, 0.05) is 25.6 Å². The van der Waals surface area contributed by atoms with Crippen molar-refractivity contribution in [1.82, 2.24) is 4.90 Å². The molecule has 0 radical (unpaired) electrons. The summed E-state index contributed by atoms with van der Waals surface area (Å²) in [6.45, 7) is 5.09. The second-order valence-electron chi connectivity index (χ2n) is 6.54. The Morgan fingerprint density at radius 2 is 1.95 bits per heavy atom. The number of aryl methyl sites for hydroxylation is 1. The molecule has 3 heteroatoms. The van der Waals surface area contributed by atoms with E-state index >= 15 is 0 Å². The fourth-order valence-corrected chi connectivity index (χ4v) is 3.77. The highest BCUT2D eigenvalue weighted by Crippen LogP contribution is 2.38. The summed E-state index contributed by atoms with van der Waals surface area (Å²) < 4.78 is 0. The highest BCUT2D eigenvalue weighted by atomic mass is 16.3. The standard InChI is InChI=1S/C17H25NO2/c1-12-2-4-13(5-3-12)16(19)8-9-18-10-14-6-7-17(20)15(14)11-18/h2-5,14-17,19-20H,6-11H2,1H3. The molecule has 1 aliphatic heterocycles. The molecular formula is C17H25NO2. The predicted octanol–water partition coefficient (Wildman–Crippen LogP) is 2.12. The molecule has 0 bridgehead atoms. The average Bonchev–Trinajstić information content (AvgIpc) is 2.99. The van der Waals surface area contributed by atoms with Gasteiger partial charge in [-0.2, -0.15) is 0 Å². The monoisotopic (exact) mass is 275 g/mol. The minimum Gasteiger partial charge on any atom is -0.393 e. The largest absolute Gasteiger partial charge is 0.393 e. The van der Waals surface area contributed by atoms with Crippen molar-refractivity contribution in [3.05, 3.63) is 35.4 Å².